The lowest BCUT2D eigenvalue weighted by Crippen LogP contribution is -2.26. The highest BCUT2D eigenvalue weighted by Gasteiger charge is 2.33. The summed E-state index contributed by atoms with van der Waals surface area (Å²) in [6, 6.07) is 4.03. The van der Waals surface area contributed by atoms with Crippen LogP contribution in [0.2, 0.25) is 0 Å². The molecule has 1 amide bonds. The van der Waals surface area contributed by atoms with Crippen molar-refractivity contribution in [2.75, 3.05) is 11.4 Å². The number of anilines is 1. The molecule has 1 aromatic carbocycles. The van der Waals surface area contributed by atoms with Gasteiger partial charge in [0.15, 0.2) is 0 Å². The van der Waals surface area contributed by atoms with E-state index in [9.17, 15) is 13.6 Å². The van der Waals surface area contributed by atoms with Crippen LogP contribution in [0.4, 0.5) is 19.3 Å². The molecule has 1 aliphatic heterocycles. The molecule has 2 aromatic rings. The highest BCUT2D eigenvalue weighted by molar-refractivity contribution is 5.89. The average Bonchev–Trinajstić information content (AvgIpc) is 3.06. The van der Waals surface area contributed by atoms with Crippen molar-refractivity contribution >= 4 is 11.8 Å². The number of amides is 1. The molecule has 0 spiro atoms. The van der Waals surface area contributed by atoms with E-state index in [1.165, 1.54) is 11.8 Å². The van der Waals surface area contributed by atoms with Crippen LogP contribution in [0.25, 0.3) is 0 Å². The van der Waals surface area contributed by atoms with Gasteiger partial charge in [-0.25, -0.2) is 13.6 Å². The van der Waals surface area contributed by atoms with Gasteiger partial charge in [-0.3, -0.25) is 9.58 Å². The van der Waals surface area contributed by atoms with E-state index in [1.54, 1.807) is 23.1 Å². The number of benzene rings is 1. The van der Waals surface area contributed by atoms with Crippen molar-refractivity contribution in [3.8, 4) is 0 Å². The van der Waals surface area contributed by atoms with Gasteiger partial charge in [-0.05, 0) is 25.1 Å². The van der Waals surface area contributed by atoms with Gasteiger partial charge >= 0.3 is 6.09 Å². The van der Waals surface area contributed by atoms with Crippen molar-refractivity contribution in [1.29, 1.82) is 0 Å². The molecule has 0 aliphatic carbocycles. The topological polar surface area (TPSA) is 47.4 Å². The van der Waals surface area contributed by atoms with E-state index in [0.29, 0.717) is 6.54 Å². The first-order valence-electron chi connectivity index (χ1n) is 6.46. The van der Waals surface area contributed by atoms with Crippen LogP contribution in [0.3, 0.4) is 0 Å². The van der Waals surface area contributed by atoms with Crippen LogP contribution in [0.15, 0.2) is 30.6 Å². The summed E-state index contributed by atoms with van der Waals surface area (Å²) in [6.07, 6.45) is 2.35. The van der Waals surface area contributed by atoms with Crippen LogP contribution in [-0.4, -0.2) is 28.5 Å². The molecule has 3 rings (SSSR count). The lowest BCUT2D eigenvalue weighted by molar-refractivity contribution is 0.129. The standard InChI is InChI=1S/C14H13F2N3O2/c1-9-12(15)5-10(6-13(9)16)19-8-11(21-14(19)20)7-18-4-2-3-17-18/h2-6,11H,7-8H2,1H3/t11-/m0/s1. The van der Waals surface area contributed by atoms with Gasteiger partial charge in [-0.15, -0.1) is 0 Å². The number of carbonyl (C=O) groups excluding carboxylic acids is 1. The van der Waals surface area contributed by atoms with Crippen LogP contribution in [-0.2, 0) is 11.3 Å². The summed E-state index contributed by atoms with van der Waals surface area (Å²) in [4.78, 5) is 13.1. The minimum absolute atomic E-state index is 0.0700. The molecule has 0 unspecified atom stereocenters. The first-order valence-corrected chi connectivity index (χ1v) is 6.46. The molecular formula is C14H13F2N3O2. The Hall–Kier alpha value is -2.44. The second-order valence-corrected chi connectivity index (χ2v) is 4.88. The third kappa shape index (κ3) is 2.58. The summed E-state index contributed by atoms with van der Waals surface area (Å²) >= 11 is 0. The Kier molecular flexibility index (Phi) is 3.32. The smallest absolute Gasteiger partial charge is 0.414 e. The minimum Gasteiger partial charge on any atom is -0.442 e. The number of carbonyl (C=O) groups is 1. The van der Waals surface area contributed by atoms with Crippen molar-refractivity contribution < 1.29 is 18.3 Å². The number of cyclic esters (lactones) is 1. The lowest BCUT2D eigenvalue weighted by atomic mass is 10.2. The highest BCUT2D eigenvalue weighted by Crippen LogP contribution is 2.26. The normalized spacial score (nSPS) is 18.1. The van der Waals surface area contributed by atoms with Crippen LogP contribution in [0.1, 0.15) is 5.56 Å². The van der Waals surface area contributed by atoms with E-state index in [-0.39, 0.29) is 17.8 Å². The molecule has 1 atom stereocenters. The maximum Gasteiger partial charge on any atom is 0.414 e. The van der Waals surface area contributed by atoms with Crippen LogP contribution >= 0.6 is 0 Å². The summed E-state index contributed by atoms with van der Waals surface area (Å²) in [5.41, 5.74) is 0.0861. The second-order valence-electron chi connectivity index (χ2n) is 4.88. The second kappa shape index (κ2) is 5.16. The predicted molar refractivity (Wildman–Crippen MR) is 70.9 cm³/mol. The molecular weight excluding hydrogens is 280 g/mol. The number of hydrogen-bond donors (Lipinski definition) is 0. The van der Waals surface area contributed by atoms with E-state index in [4.69, 9.17) is 4.74 Å². The van der Waals surface area contributed by atoms with Crippen molar-refractivity contribution in [1.82, 2.24) is 9.78 Å². The largest absolute Gasteiger partial charge is 0.442 e. The Morgan fingerprint density at radius 3 is 2.71 bits per heavy atom. The fourth-order valence-electron chi connectivity index (χ4n) is 2.23. The maximum absolute atomic E-state index is 13.6. The van der Waals surface area contributed by atoms with E-state index in [0.717, 1.165) is 12.1 Å². The quantitative estimate of drug-likeness (QED) is 0.873. The fourth-order valence-corrected chi connectivity index (χ4v) is 2.23. The highest BCUT2D eigenvalue weighted by atomic mass is 19.1. The number of nitrogens with zero attached hydrogens (tertiary/aromatic N) is 3. The maximum atomic E-state index is 13.6. The monoisotopic (exact) mass is 293 g/mol. The van der Waals surface area contributed by atoms with Gasteiger partial charge in [0.1, 0.15) is 17.7 Å². The summed E-state index contributed by atoms with van der Waals surface area (Å²) in [7, 11) is 0. The van der Waals surface area contributed by atoms with E-state index in [2.05, 4.69) is 5.10 Å². The zero-order valence-electron chi connectivity index (χ0n) is 11.3. The number of rotatable bonds is 3. The van der Waals surface area contributed by atoms with E-state index >= 15 is 0 Å². The number of ether oxygens (including phenoxy) is 1. The van der Waals surface area contributed by atoms with E-state index in [1.807, 2.05) is 0 Å². The molecule has 0 N–H and O–H groups in total. The predicted octanol–water partition coefficient (Wildman–Crippen LogP) is 2.50. The zero-order chi connectivity index (χ0) is 15.0. The first kappa shape index (κ1) is 13.5. The van der Waals surface area contributed by atoms with Gasteiger partial charge in [0.25, 0.3) is 0 Å². The Balaban J connectivity index is 1.79. The molecule has 1 fully saturated rings. The molecule has 0 saturated carbocycles. The van der Waals surface area contributed by atoms with Crippen LogP contribution < -0.4 is 4.90 Å². The number of aromatic nitrogens is 2. The van der Waals surface area contributed by atoms with Crippen molar-refractivity contribution in [3.63, 3.8) is 0 Å². The number of halogens is 2. The molecule has 2 heterocycles. The zero-order valence-corrected chi connectivity index (χ0v) is 11.3. The van der Waals surface area contributed by atoms with Crippen molar-refractivity contribution in [2.24, 2.45) is 0 Å². The Bertz CT molecular complexity index is 650. The van der Waals surface area contributed by atoms with Crippen molar-refractivity contribution in [3.05, 3.63) is 47.8 Å². The van der Waals surface area contributed by atoms with Crippen molar-refractivity contribution in [2.45, 2.75) is 19.6 Å². The third-order valence-electron chi connectivity index (χ3n) is 3.40. The third-order valence-corrected chi connectivity index (χ3v) is 3.40. The molecule has 110 valence electrons. The summed E-state index contributed by atoms with van der Waals surface area (Å²) in [5.74, 6) is -1.37. The van der Waals surface area contributed by atoms with Crippen LogP contribution in [0.5, 0.6) is 0 Å². The first-order chi connectivity index (χ1) is 10.0. The van der Waals surface area contributed by atoms with Gasteiger partial charge in [0, 0.05) is 18.0 Å². The molecule has 21 heavy (non-hydrogen) atoms. The van der Waals surface area contributed by atoms with Gasteiger partial charge in [0.2, 0.25) is 0 Å². The van der Waals surface area contributed by atoms with Gasteiger partial charge in [-0.2, -0.15) is 5.10 Å². The van der Waals surface area contributed by atoms with Crippen LogP contribution in [0, 0.1) is 18.6 Å². The van der Waals surface area contributed by atoms with Gasteiger partial charge in [-0.1, -0.05) is 0 Å². The molecule has 1 aromatic heterocycles. The Morgan fingerprint density at radius 2 is 2.10 bits per heavy atom. The molecule has 1 aliphatic rings. The molecule has 0 radical (unpaired) electrons. The Labute approximate surface area is 119 Å². The molecule has 1 saturated heterocycles. The lowest BCUT2D eigenvalue weighted by Gasteiger charge is -2.14. The SMILES string of the molecule is Cc1c(F)cc(N2C[C@H](Cn3cccn3)OC2=O)cc1F. The van der Waals surface area contributed by atoms with E-state index < -0.39 is 23.8 Å². The molecule has 7 heteroatoms. The molecule has 5 nitrogen and oxygen atoms in total. The molecule has 0 bridgehead atoms. The van der Waals surface area contributed by atoms with Gasteiger partial charge in [0.05, 0.1) is 18.8 Å². The minimum atomic E-state index is -0.687. The fraction of sp³-hybridized carbons (Fsp3) is 0.286. The summed E-state index contributed by atoms with van der Waals surface area (Å²) in [6.45, 7) is 1.96. The average molecular weight is 293 g/mol. The van der Waals surface area contributed by atoms with Gasteiger partial charge < -0.3 is 4.74 Å². The summed E-state index contributed by atoms with van der Waals surface area (Å²) in [5, 5.41) is 4.03. The summed E-state index contributed by atoms with van der Waals surface area (Å²) < 4.78 is 34.0. The Morgan fingerprint density at radius 1 is 1.38 bits per heavy atom. The number of hydrogen-bond acceptors (Lipinski definition) is 3.